The highest BCUT2D eigenvalue weighted by molar-refractivity contribution is 5.95. The minimum absolute atomic E-state index is 0.613. The zero-order valence-corrected chi connectivity index (χ0v) is 16.5. The number of fused-ring (bicyclic) bond motifs is 1. The van der Waals surface area contributed by atoms with Crippen molar-refractivity contribution in [2.45, 2.75) is 6.92 Å². The Hall–Kier alpha value is -3.87. The molecule has 0 aliphatic rings. The predicted octanol–water partition coefficient (Wildman–Crippen LogP) is 4.22. The molecule has 0 aliphatic carbocycles. The number of aromatic nitrogens is 4. The fourth-order valence-electron chi connectivity index (χ4n) is 3.14. The lowest BCUT2D eigenvalue weighted by Crippen LogP contribution is -2.04. The number of hydrogen-bond donors (Lipinski definition) is 1. The lowest BCUT2D eigenvalue weighted by molar-refractivity contribution is 0.356. The van der Waals surface area contributed by atoms with Gasteiger partial charge >= 0.3 is 0 Å². The van der Waals surface area contributed by atoms with Crippen molar-refractivity contribution in [1.82, 2.24) is 19.7 Å². The van der Waals surface area contributed by atoms with E-state index in [1.807, 2.05) is 55.6 Å². The fraction of sp³-hybridized carbons (Fsp3) is 0.136. The van der Waals surface area contributed by atoms with Crippen LogP contribution in [0.1, 0.15) is 11.4 Å². The molecule has 2 aromatic heterocycles. The Morgan fingerprint density at radius 3 is 2.55 bits per heavy atom. The maximum absolute atomic E-state index is 5.44. The van der Waals surface area contributed by atoms with Crippen molar-refractivity contribution in [3.63, 3.8) is 0 Å². The van der Waals surface area contributed by atoms with E-state index in [0.29, 0.717) is 28.8 Å². The van der Waals surface area contributed by atoms with Gasteiger partial charge in [0.1, 0.15) is 11.6 Å². The number of methoxy groups -OCH3 is 2. The molecule has 0 aliphatic heterocycles. The van der Waals surface area contributed by atoms with E-state index in [1.165, 1.54) is 0 Å². The summed E-state index contributed by atoms with van der Waals surface area (Å²) in [7, 11) is 3.21. The Bertz CT molecular complexity index is 1190. The third kappa shape index (κ3) is 3.62. The van der Waals surface area contributed by atoms with Crippen LogP contribution >= 0.6 is 0 Å². The van der Waals surface area contributed by atoms with Crippen molar-refractivity contribution in [1.29, 1.82) is 0 Å². The molecule has 0 bridgehead atoms. The van der Waals surface area contributed by atoms with Gasteiger partial charge in [0.15, 0.2) is 11.5 Å². The number of benzene rings is 2. The summed E-state index contributed by atoms with van der Waals surface area (Å²) in [6.07, 6.45) is 3.65. The predicted molar refractivity (Wildman–Crippen MR) is 114 cm³/mol. The van der Waals surface area contributed by atoms with Gasteiger partial charge < -0.3 is 14.8 Å². The van der Waals surface area contributed by atoms with E-state index in [0.717, 1.165) is 22.2 Å². The molecule has 7 heteroatoms. The number of nitrogens with one attached hydrogen (secondary N) is 1. The first kappa shape index (κ1) is 18.5. The Labute approximate surface area is 168 Å². The van der Waals surface area contributed by atoms with Crippen LogP contribution in [-0.4, -0.2) is 34.0 Å². The fourth-order valence-corrected chi connectivity index (χ4v) is 3.14. The molecule has 0 amide bonds. The molecule has 2 heterocycles. The summed E-state index contributed by atoms with van der Waals surface area (Å²) in [6, 6.07) is 13.6. The lowest BCUT2D eigenvalue weighted by atomic mass is 10.1. The molecule has 0 saturated heterocycles. The van der Waals surface area contributed by atoms with Crippen molar-refractivity contribution < 1.29 is 9.47 Å². The normalized spacial score (nSPS) is 10.7. The second-order valence-electron chi connectivity index (χ2n) is 6.45. The minimum atomic E-state index is 0.613. The maximum atomic E-state index is 5.44. The van der Waals surface area contributed by atoms with Gasteiger partial charge in [0.25, 0.3) is 0 Å². The molecule has 4 rings (SSSR count). The number of anilines is 1. The Morgan fingerprint density at radius 1 is 1.03 bits per heavy atom. The van der Waals surface area contributed by atoms with Crippen LogP contribution < -0.4 is 14.8 Å². The number of ether oxygens (including phenoxy) is 2. The van der Waals surface area contributed by atoms with Gasteiger partial charge in [0.05, 0.1) is 25.4 Å². The maximum Gasteiger partial charge on any atom is 0.162 e. The summed E-state index contributed by atoms with van der Waals surface area (Å²) in [5, 5.41) is 8.43. The van der Waals surface area contributed by atoms with Crippen LogP contribution in [0, 0.1) is 6.92 Å². The van der Waals surface area contributed by atoms with Crippen molar-refractivity contribution in [2.75, 3.05) is 19.5 Å². The molecule has 0 atom stereocenters. The minimum Gasteiger partial charge on any atom is -0.493 e. The molecule has 2 aromatic carbocycles. The molecule has 0 radical (unpaired) electrons. The van der Waals surface area contributed by atoms with Gasteiger partial charge in [-0.3, -0.25) is 0 Å². The van der Waals surface area contributed by atoms with Crippen LogP contribution in [-0.2, 0) is 0 Å². The highest BCUT2D eigenvalue weighted by Crippen LogP contribution is 2.34. The van der Waals surface area contributed by atoms with E-state index in [4.69, 9.17) is 9.47 Å². The molecule has 0 spiro atoms. The van der Waals surface area contributed by atoms with Gasteiger partial charge in [-0.15, -0.1) is 0 Å². The third-order valence-electron chi connectivity index (χ3n) is 4.55. The average molecular weight is 387 g/mol. The summed E-state index contributed by atoms with van der Waals surface area (Å²) in [6.45, 7) is 6.05. The zero-order valence-electron chi connectivity index (χ0n) is 16.5. The second kappa shape index (κ2) is 7.63. The van der Waals surface area contributed by atoms with E-state index in [2.05, 4.69) is 27.0 Å². The van der Waals surface area contributed by atoms with Crippen LogP contribution in [0.15, 0.2) is 61.4 Å². The van der Waals surface area contributed by atoms with Crippen molar-refractivity contribution in [2.24, 2.45) is 0 Å². The Morgan fingerprint density at radius 2 is 1.83 bits per heavy atom. The SMILES string of the molecule is C=C(Nc1nc(C)nc2cc(OC)c(OC)cc12)c1cccc(-n2cccn2)c1. The molecule has 4 aromatic rings. The van der Waals surface area contributed by atoms with E-state index >= 15 is 0 Å². The topological polar surface area (TPSA) is 74.1 Å². The van der Waals surface area contributed by atoms with Crippen LogP contribution in [0.2, 0.25) is 0 Å². The number of hydrogen-bond acceptors (Lipinski definition) is 6. The Balaban J connectivity index is 1.72. The summed E-state index contributed by atoms with van der Waals surface area (Å²) >= 11 is 0. The molecule has 0 fully saturated rings. The van der Waals surface area contributed by atoms with E-state index in [9.17, 15) is 0 Å². The van der Waals surface area contributed by atoms with E-state index in [1.54, 1.807) is 25.1 Å². The molecule has 0 saturated carbocycles. The van der Waals surface area contributed by atoms with Crippen LogP contribution in [0.25, 0.3) is 22.3 Å². The van der Waals surface area contributed by atoms with Crippen molar-refractivity contribution in [3.05, 3.63) is 72.8 Å². The van der Waals surface area contributed by atoms with E-state index < -0.39 is 0 Å². The highest BCUT2D eigenvalue weighted by atomic mass is 16.5. The standard InChI is InChI=1S/C22H21N5O2/c1-14(16-7-5-8-17(11-16)27-10-6-9-23-27)24-22-18-12-20(28-3)21(29-4)13-19(18)25-15(2)26-22/h5-13H,1H2,2-4H3,(H,24,25,26). The molecule has 0 unspecified atom stereocenters. The van der Waals surface area contributed by atoms with Crippen LogP contribution in [0.3, 0.4) is 0 Å². The molecule has 7 nitrogen and oxygen atoms in total. The first-order chi connectivity index (χ1) is 14.1. The molecule has 29 heavy (non-hydrogen) atoms. The van der Waals surface area contributed by atoms with E-state index in [-0.39, 0.29) is 0 Å². The largest absolute Gasteiger partial charge is 0.493 e. The van der Waals surface area contributed by atoms with Crippen LogP contribution in [0.4, 0.5) is 5.82 Å². The molecule has 1 N–H and O–H groups in total. The first-order valence-corrected chi connectivity index (χ1v) is 9.06. The summed E-state index contributed by atoms with van der Waals surface area (Å²) < 4.78 is 12.6. The number of nitrogens with zero attached hydrogens (tertiary/aromatic N) is 4. The van der Waals surface area contributed by atoms with Crippen molar-refractivity contribution in [3.8, 4) is 17.2 Å². The number of rotatable bonds is 6. The highest BCUT2D eigenvalue weighted by Gasteiger charge is 2.13. The summed E-state index contributed by atoms with van der Waals surface area (Å²) in [5.41, 5.74) is 3.36. The van der Waals surface area contributed by atoms with Crippen LogP contribution in [0.5, 0.6) is 11.5 Å². The smallest absolute Gasteiger partial charge is 0.162 e. The molecular weight excluding hydrogens is 366 g/mol. The molecular formula is C22H21N5O2. The lowest BCUT2D eigenvalue weighted by Gasteiger charge is -2.15. The third-order valence-corrected chi connectivity index (χ3v) is 4.55. The molecule has 146 valence electrons. The average Bonchev–Trinajstić information content (AvgIpc) is 3.27. The van der Waals surface area contributed by atoms with Gasteiger partial charge in [-0.25, -0.2) is 14.6 Å². The van der Waals surface area contributed by atoms with Gasteiger partial charge in [0.2, 0.25) is 0 Å². The second-order valence-corrected chi connectivity index (χ2v) is 6.45. The van der Waals surface area contributed by atoms with Crippen molar-refractivity contribution >= 4 is 22.4 Å². The zero-order chi connectivity index (χ0) is 20.4. The van der Waals surface area contributed by atoms with Gasteiger partial charge in [-0.2, -0.15) is 5.10 Å². The van der Waals surface area contributed by atoms with Gasteiger partial charge in [-0.05, 0) is 36.8 Å². The summed E-state index contributed by atoms with van der Waals surface area (Å²) in [5.74, 6) is 2.53. The van der Waals surface area contributed by atoms with Gasteiger partial charge in [-0.1, -0.05) is 18.7 Å². The quantitative estimate of drug-likeness (QED) is 0.534. The van der Waals surface area contributed by atoms with Gasteiger partial charge in [0, 0.05) is 29.5 Å². The monoisotopic (exact) mass is 387 g/mol. The first-order valence-electron chi connectivity index (χ1n) is 9.06. The Kier molecular flexibility index (Phi) is 4.87. The number of aryl methyl sites for hydroxylation is 1. The summed E-state index contributed by atoms with van der Waals surface area (Å²) in [4.78, 5) is 9.09.